The highest BCUT2D eigenvalue weighted by Crippen LogP contribution is 2.27. The van der Waals surface area contributed by atoms with Crippen LogP contribution >= 0.6 is 0 Å². The Kier molecular flexibility index (Phi) is 7.60. The van der Waals surface area contributed by atoms with Crippen LogP contribution in [0.3, 0.4) is 0 Å². The minimum atomic E-state index is -5.14. The maximum Gasteiger partial charge on any atom is 0.478 e. The fourth-order valence-electron chi connectivity index (χ4n) is 2.54. The van der Waals surface area contributed by atoms with Gasteiger partial charge in [-0.1, -0.05) is 60.7 Å². The van der Waals surface area contributed by atoms with Gasteiger partial charge in [0.1, 0.15) is 13.2 Å². The van der Waals surface area contributed by atoms with E-state index in [9.17, 15) is 22.8 Å². The number of quaternary nitrogens is 1. The molecule has 2 aromatic carbocycles. The maximum atomic E-state index is 14.0. The van der Waals surface area contributed by atoms with E-state index in [2.05, 4.69) is 4.74 Å². The summed E-state index contributed by atoms with van der Waals surface area (Å²) >= 11 is 0. The third kappa shape index (κ3) is 5.95. The largest absolute Gasteiger partial charge is 0.478 e. The quantitative estimate of drug-likeness (QED) is 0.517. The summed E-state index contributed by atoms with van der Waals surface area (Å²) in [5.41, 5.74) is -2.22. The number of nitrogens with two attached hydrogens (primary N) is 1. The summed E-state index contributed by atoms with van der Waals surface area (Å²) in [5.74, 6) is -1.62. The third-order valence-electron chi connectivity index (χ3n) is 4.04. The Bertz CT molecular complexity index is 800. The van der Waals surface area contributed by atoms with Gasteiger partial charge in [0.15, 0.2) is 0 Å². The second-order valence-corrected chi connectivity index (χ2v) is 6.11. The minimum absolute atomic E-state index is 0.224. The average Bonchev–Trinajstić information content (AvgIpc) is 2.70. The van der Waals surface area contributed by atoms with Crippen molar-refractivity contribution in [2.45, 2.75) is 31.9 Å². The van der Waals surface area contributed by atoms with Crippen molar-refractivity contribution in [2.75, 3.05) is 6.61 Å². The molecule has 0 radical (unpaired) electrons. The van der Waals surface area contributed by atoms with Crippen LogP contribution in [0.1, 0.15) is 18.1 Å². The van der Waals surface area contributed by atoms with Crippen molar-refractivity contribution in [1.29, 1.82) is 0 Å². The molecule has 0 aliphatic rings. The predicted molar refractivity (Wildman–Crippen MR) is 97.3 cm³/mol. The summed E-state index contributed by atoms with van der Waals surface area (Å²) < 4.78 is 51.4. The van der Waals surface area contributed by atoms with Crippen molar-refractivity contribution in [3.63, 3.8) is 0 Å². The number of carbonyl (C=O) groups excluding carboxylic acids is 2. The van der Waals surface area contributed by atoms with Gasteiger partial charge in [-0.3, -0.25) is 5.32 Å². The van der Waals surface area contributed by atoms with Crippen LogP contribution < -0.4 is 10.6 Å². The highest BCUT2D eigenvalue weighted by molar-refractivity contribution is 5.84. The van der Waals surface area contributed by atoms with Crippen molar-refractivity contribution in [2.24, 2.45) is 0 Å². The fraction of sp³-hybridized carbons (Fsp3) is 0.300. The molecule has 0 saturated heterocycles. The van der Waals surface area contributed by atoms with Crippen molar-refractivity contribution in [3.8, 4) is 0 Å². The Morgan fingerprint density at radius 3 is 2.00 bits per heavy atom. The van der Waals surface area contributed by atoms with Gasteiger partial charge in [0.25, 0.3) is 0 Å². The molecule has 2 aromatic rings. The molecular formula is C20H22F3N2O4+. The molecular weight excluding hydrogens is 389 g/mol. The highest BCUT2D eigenvalue weighted by Gasteiger charge is 2.67. The Balaban J connectivity index is 2.21. The van der Waals surface area contributed by atoms with Crippen LogP contribution in [0.15, 0.2) is 60.7 Å². The van der Waals surface area contributed by atoms with Gasteiger partial charge in [-0.15, -0.1) is 0 Å². The molecule has 0 fully saturated rings. The number of halogens is 3. The molecule has 0 aliphatic heterocycles. The number of esters is 1. The lowest BCUT2D eigenvalue weighted by Gasteiger charge is -2.31. The molecule has 9 heteroatoms. The predicted octanol–water partition coefficient (Wildman–Crippen LogP) is 2.50. The second kappa shape index (κ2) is 9.92. The van der Waals surface area contributed by atoms with E-state index < -0.39 is 23.9 Å². The molecule has 2 rings (SSSR count). The van der Waals surface area contributed by atoms with E-state index in [1.165, 1.54) is 6.92 Å². The molecule has 156 valence electrons. The smallest absolute Gasteiger partial charge is 0.460 e. The van der Waals surface area contributed by atoms with E-state index in [1.54, 1.807) is 66.0 Å². The zero-order valence-corrected chi connectivity index (χ0v) is 15.7. The molecule has 0 aliphatic carbocycles. The molecule has 0 saturated carbocycles. The lowest BCUT2D eigenvalue weighted by molar-refractivity contribution is -0.757. The number of hydrogen-bond donors (Lipinski definition) is 2. The van der Waals surface area contributed by atoms with Crippen molar-refractivity contribution in [1.82, 2.24) is 5.32 Å². The van der Waals surface area contributed by atoms with Gasteiger partial charge in [-0.05, 0) is 12.5 Å². The SMILES string of the molecule is CCOC(=O)[C@](NC(=O)OCc1ccccc1)([NH2+]Cc1ccccc1)C(F)(F)F. The van der Waals surface area contributed by atoms with E-state index in [1.807, 2.05) is 0 Å². The number of carbonyl (C=O) groups is 2. The summed E-state index contributed by atoms with van der Waals surface area (Å²) in [6.45, 7) is 0.626. The molecule has 1 amide bonds. The summed E-state index contributed by atoms with van der Waals surface area (Å²) in [6, 6.07) is 16.7. The third-order valence-corrected chi connectivity index (χ3v) is 4.04. The van der Waals surface area contributed by atoms with Crippen LogP contribution in [0, 0.1) is 0 Å². The average molecular weight is 411 g/mol. The first-order valence-electron chi connectivity index (χ1n) is 8.89. The molecule has 0 spiro atoms. The van der Waals surface area contributed by atoms with Crippen LogP contribution in [-0.2, 0) is 27.4 Å². The molecule has 3 N–H and O–H groups in total. The van der Waals surface area contributed by atoms with Gasteiger partial charge in [0.2, 0.25) is 0 Å². The Hall–Kier alpha value is -3.07. The van der Waals surface area contributed by atoms with Crippen molar-refractivity contribution in [3.05, 3.63) is 71.8 Å². The summed E-state index contributed by atoms with van der Waals surface area (Å²) in [5, 5.41) is 2.36. The van der Waals surface area contributed by atoms with Gasteiger partial charge < -0.3 is 14.8 Å². The van der Waals surface area contributed by atoms with E-state index >= 15 is 0 Å². The minimum Gasteiger partial charge on any atom is -0.460 e. The topological polar surface area (TPSA) is 81.2 Å². The second-order valence-electron chi connectivity index (χ2n) is 6.11. The van der Waals surface area contributed by atoms with E-state index in [0.717, 1.165) is 0 Å². The van der Waals surface area contributed by atoms with Gasteiger partial charge >= 0.3 is 23.9 Å². The lowest BCUT2D eigenvalue weighted by Crippen LogP contribution is -3.06. The first kappa shape index (κ1) is 22.2. The number of benzene rings is 2. The molecule has 1 atom stereocenters. The highest BCUT2D eigenvalue weighted by atomic mass is 19.4. The Morgan fingerprint density at radius 1 is 0.931 bits per heavy atom. The Morgan fingerprint density at radius 2 is 1.48 bits per heavy atom. The van der Waals surface area contributed by atoms with Crippen molar-refractivity contribution >= 4 is 12.1 Å². The molecule has 0 unspecified atom stereocenters. The van der Waals surface area contributed by atoms with Gasteiger partial charge in [0.05, 0.1) is 6.61 Å². The molecule has 29 heavy (non-hydrogen) atoms. The zero-order chi connectivity index (χ0) is 21.3. The number of rotatable bonds is 8. The van der Waals surface area contributed by atoms with Gasteiger partial charge in [-0.2, -0.15) is 13.2 Å². The number of alkyl halides is 3. The summed E-state index contributed by atoms with van der Waals surface area (Å²) in [7, 11) is 0. The molecule has 0 aromatic heterocycles. The first-order chi connectivity index (χ1) is 13.8. The fourth-order valence-corrected chi connectivity index (χ4v) is 2.54. The van der Waals surface area contributed by atoms with Crippen molar-refractivity contribution < 1.29 is 37.6 Å². The normalized spacial score (nSPS) is 13.2. The number of ether oxygens (including phenoxy) is 2. The number of amides is 1. The van der Waals surface area contributed by atoms with Gasteiger partial charge in [0, 0.05) is 5.56 Å². The van der Waals surface area contributed by atoms with Gasteiger partial charge in [-0.25, -0.2) is 9.59 Å². The van der Waals surface area contributed by atoms with Crippen LogP contribution in [0.2, 0.25) is 0 Å². The van der Waals surface area contributed by atoms with E-state index in [0.29, 0.717) is 16.4 Å². The van der Waals surface area contributed by atoms with Crippen LogP contribution in [0.4, 0.5) is 18.0 Å². The first-order valence-corrected chi connectivity index (χ1v) is 8.89. The van der Waals surface area contributed by atoms with Crippen LogP contribution in [0.25, 0.3) is 0 Å². The summed E-state index contributed by atoms with van der Waals surface area (Å²) in [6.07, 6.45) is -6.52. The summed E-state index contributed by atoms with van der Waals surface area (Å²) in [4.78, 5) is 24.4. The number of nitrogens with one attached hydrogen (secondary N) is 1. The monoisotopic (exact) mass is 411 g/mol. The molecule has 0 bridgehead atoms. The lowest BCUT2D eigenvalue weighted by atomic mass is 10.1. The molecule has 6 nitrogen and oxygen atoms in total. The Labute approximate surface area is 166 Å². The standard InChI is InChI=1S/C20H21F3N2O4/c1-2-28-17(26)19(20(21,22)23,24-13-15-9-5-3-6-10-15)25-18(27)29-14-16-11-7-4-8-12-16/h3-12,24H,2,13-14H2,1H3,(H,25,27)/p+1/t19-/m1/s1. The van der Waals surface area contributed by atoms with E-state index in [-0.39, 0.29) is 19.8 Å². The molecule has 0 heterocycles. The maximum absolute atomic E-state index is 14.0. The van der Waals surface area contributed by atoms with Crippen LogP contribution in [0.5, 0.6) is 0 Å². The van der Waals surface area contributed by atoms with Crippen LogP contribution in [-0.4, -0.2) is 30.5 Å². The zero-order valence-electron chi connectivity index (χ0n) is 15.7. The number of alkyl carbamates (subject to hydrolysis) is 1. The van der Waals surface area contributed by atoms with E-state index in [4.69, 9.17) is 4.74 Å². The number of hydrogen-bond acceptors (Lipinski definition) is 4.